The average molecular weight is 283 g/mol. The van der Waals surface area contributed by atoms with E-state index < -0.39 is 0 Å². The molecule has 2 aromatic heterocycles. The van der Waals surface area contributed by atoms with Crippen LogP contribution in [0.3, 0.4) is 0 Å². The Kier molecular flexibility index (Phi) is 3.63. The van der Waals surface area contributed by atoms with Gasteiger partial charge in [0, 0.05) is 18.8 Å². The molecule has 0 aliphatic heterocycles. The third-order valence-electron chi connectivity index (χ3n) is 3.26. The van der Waals surface area contributed by atoms with Crippen molar-refractivity contribution in [2.75, 3.05) is 17.2 Å². The van der Waals surface area contributed by atoms with E-state index in [1.54, 1.807) is 16.9 Å². The van der Waals surface area contributed by atoms with Crippen LogP contribution in [-0.4, -0.2) is 31.6 Å². The van der Waals surface area contributed by atoms with Crippen molar-refractivity contribution < 1.29 is 0 Å². The van der Waals surface area contributed by atoms with E-state index in [-0.39, 0.29) is 0 Å². The third-order valence-corrected chi connectivity index (χ3v) is 3.26. The zero-order valence-corrected chi connectivity index (χ0v) is 11.8. The summed E-state index contributed by atoms with van der Waals surface area (Å²) in [6, 6.07) is 7.89. The minimum absolute atomic E-state index is 0.644. The van der Waals surface area contributed by atoms with Crippen LogP contribution < -0.4 is 10.6 Å². The molecule has 0 aliphatic carbocycles. The van der Waals surface area contributed by atoms with Gasteiger partial charge >= 0.3 is 0 Å². The van der Waals surface area contributed by atoms with E-state index in [2.05, 4.69) is 32.3 Å². The minimum atomic E-state index is 0.644. The van der Waals surface area contributed by atoms with Gasteiger partial charge in [0.15, 0.2) is 11.5 Å². The molecule has 0 saturated carbocycles. The summed E-state index contributed by atoms with van der Waals surface area (Å²) in [6.45, 7) is 3.79. The number of tetrazole rings is 1. The van der Waals surface area contributed by atoms with E-state index in [9.17, 15) is 0 Å². The predicted molar refractivity (Wildman–Crippen MR) is 80.8 cm³/mol. The molecule has 3 rings (SSSR count). The zero-order valence-electron chi connectivity index (χ0n) is 11.8. The summed E-state index contributed by atoms with van der Waals surface area (Å²) < 4.78 is 1.71. The van der Waals surface area contributed by atoms with Crippen LogP contribution in [0.25, 0.3) is 5.65 Å². The van der Waals surface area contributed by atoms with Gasteiger partial charge < -0.3 is 10.6 Å². The molecular formula is C14H17N7. The lowest BCUT2D eigenvalue weighted by Gasteiger charge is -2.24. The van der Waals surface area contributed by atoms with Gasteiger partial charge in [0.2, 0.25) is 0 Å². The van der Waals surface area contributed by atoms with Crippen LogP contribution in [0.2, 0.25) is 0 Å². The molecule has 7 heteroatoms. The SMILES string of the molecule is CCCN(Cc1ccc(N)cc1)c1cncc2nnnn12. The third kappa shape index (κ3) is 2.76. The molecule has 7 nitrogen and oxygen atoms in total. The number of nitrogen functional groups attached to an aromatic ring is 1. The van der Waals surface area contributed by atoms with Gasteiger partial charge in [-0.15, -0.1) is 5.10 Å². The summed E-state index contributed by atoms with van der Waals surface area (Å²) in [5, 5.41) is 11.7. The maximum Gasteiger partial charge on any atom is 0.199 e. The molecule has 0 spiro atoms. The number of hydrogen-bond donors (Lipinski definition) is 1. The summed E-state index contributed by atoms with van der Waals surface area (Å²) in [5.41, 5.74) is 8.33. The van der Waals surface area contributed by atoms with E-state index in [1.165, 1.54) is 5.56 Å². The van der Waals surface area contributed by atoms with Crippen molar-refractivity contribution in [1.29, 1.82) is 0 Å². The number of fused-ring (bicyclic) bond motifs is 1. The summed E-state index contributed by atoms with van der Waals surface area (Å²) in [7, 11) is 0. The monoisotopic (exact) mass is 283 g/mol. The molecule has 21 heavy (non-hydrogen) atoms. The quantitative estimate of drug-likeness (QED) is 0.714. The van der Waals surface area contributed by atoms with Crippen LogP contribution in [0.4, 0.5) is 11.5 Å². The van der Waals surface area contributed by atoms with Gasteiger partial charge in [-0.1, -0.05) is 19.1 Å². The summed E-state index contributed by atoms with van der Waals surface area (Å²) in [4.78, 5) is 6.43. The molecule has 2 heterocycles. The second kappa shape index (κ2) is 5.74. The Labute approximate surface area is 122 Å². The Balaban J connectivity index is 1.93. The van der Waals surface area contributed by atoms with Crippen LogP contribution in [-0.2, 0) is 6.54 Å². The molecule has 0 saturated heterocycles. The van der Waals surface area contributed by atoms with Gasteiger partial charge in [0.05, 0.1) is 12.4 Å². The van der Waals surface area contributed by atoms with Crippen LogP contribution in [0, 0.1) is 0 Å². The maximum atomic E-state index is 5.73. The van der Waals surface area contributed by atoms with E-state index >= 15 is 0 Å². The molecule has 0 fully saturated rings. The van der Waals surface area contributed by atoms with E-state index in [1.807, 2.05) is 24.3 Å². The highest BCUT2D eigenvalue weighted by Gasteiger charge is 2.12. The normalized spacial score (nSPS) is 10.9. The molecule has 108 valence electrons. The highest BCUT2D eigenvalue weighted by Crippen LogP contribution is 2.17. The first kappa shape index (κ1) is 13.3. The number of aromatic nitrogens is 5. The van der Waals surface area contributed by atoms with Crippen molar-refractivity contribution in [2.24, 2.45) is 0 Å². The lowest BCUT2D eigenvalue weighted by Crippen LogP contribution is -2.26. The van der Waals surface area contributed by atoms with Gasteiger partial charge in [-0.2, -0.15) is 4.52 Å². The number of nitrogens with zero attached hydrogens (tertiary/aromatic N) is 6. The second-order valence-corrected chi connectivity index (χ2v) is 4.88. The van der Waals surface area contributed by atoms with Crippen molar-refractivity contribution >= 4 is 17.2 Å². The van der Waals surface area contributed by atoms with Crippen molar-refractivity contribution in [3.8, 4) is 0 Å². The number of benzene rings is 1. The lowest BCUT2D eigenvalue weighted by molar-refractivity contribution is 0.717. The van der Waals surface area contributed by atoms with Gasteiger partial charge in [-0.05, 0) is 34.5 Å². The molecule has 0 bridgehead atoms. The molecule has 0 unspecified atom stereocenters. The average Bonchev–Trinajstić information content (AvgIpc) is 2.97. The fourth-order valence-electron chi connectivity index (χ4n) is 2.27. The molecule has 0 aliphatic rings. The summed E-state index contributed by atoms with van der Waals surface area (Å²) >= 11 is 0. The van der Waals surface area contributed by atoms with Crippen molar-refractivity contribution in [3.63, 3.8) is 0 Å². The van der Waals surface area contributed by atoms with Crippen molar-refractivity contribution in [3.05, 3.63) is 42.2 Å². The topological polar surface area (TPSA) is 85.2 Å². The van der Waals surface area contributed by atoms with E-state index in [4.69, 9.17) is 5.73 Å². The molecule has 2 N–H and O–H groups in total. The van der Waals surface area contributed by atoms with Crippen molar-refractivity contribution in [2.45, 2.75) is 19.9 Å². The molecule has 0 amide bonds. The Hall–Kier alpha value is -2.70. The summed E-state index contributed by atoms with van der Waals surface area (Å²) in [6.07, 6.45) is 4.46. The van der Waals surface area contributed by atoms with Crippen LogP contribution in [0.1, 0.15) is 18.9 Å². The fourth-order valence-corrected chi connectivity index (χ4v) is 2.27. The van der Waals surface area contributed by atoms with Gasteiger partial charge in [-0.3, -0.25) is 4.98 Å². The number of nitrogens with two attached hydrogens (primary N) is 1. The number of hydrogen-bond acceptors (Lipinski definition) is 6. The Morgan fingerprint density at radius 1 is 1.19 bits per heavy atom. The first-order valence-corrected chi connectivity index (χ1v) is 6.89. The molecule has 3 aromatic rings. The molecule has 0 radical (unpaired) electrons. The standard InChI is InChI=1S/C14H17N7/c1-2-7-20(10-11-3-5-12(15)6-4-11)14-9-16-8-13-17-18-19-21(13)14/h3-6,8-9H,2,7,10,15H2,1H3. The smallest absolute Gasteiger partial charge is 0.199 e. The van der Waals surface area contributed by atoms with Gasteiger partial charge in [0.25, 0.3) is 0 Å². The van der Waals surface area contributed by atoms with Gasteiger partial charge in [-0.25, -0.2) is 0 Å². The van der Waals surface area contributed by atoms with Crippen LogP contribution in [0.15, 0.2) is 36.7 Å². The highest BCUT2D eigenvalue weighted by molar-refractivity contribution is 5.47. The summed E-state index contributed by atoms with van der Waals surface area (Å²) in [5.74, 6) is 0.885. The van der Waals surface area contributed by atoms with E-state index in [0.717, 1.165) is 31.0 Å². The first-order chi connectivity index (χ1) is 10.3. The van der Waals surface area contributed by atoms with E-state index in [0.29, 0.717) is 5.65 Å². The largest absolute Gasteiger partial charge is 0.399 e. The number of rotatable bonds is 5. The molecular weight excluding hydrogens is 266 g/mol. The minimum Gasteiger partial charge on any atom is -0.399 e. The zero-order chi connectivity index (χ0) is 14.7. The molecule has 0 atom stereocenters. The number of anilines is 2. The molecule has 1 aromatic carbocycles. The Morgan fingerprint density at radius 2 is 2.00 bits per heavy atom. The van der Waals surface area contributed by atoms with Crippen molar-refractivity contribution in [1.82, 2.24) is 25.0 Å². The first-order valence-electron chi connectivity index (χ1n) is 6.89. The fraction of sp³-hybridized carbons (Fsp3) is 0.286. The Morgan fingerprint density at radius 3 is 2.76 bits per heavy atom. The predicted octanol–water partition coefficient (Wildman–Crippen LogP) is 1.52. The lowest BCUT2D eigenvalue weighted by atomic mass is 10.2. The van der Waals surface area contributed by atoms with Crippen LogP contribution >= 0.6 is 0 Å². The highest BCUT2D eigenvalue weighted by atomic mass is 15.5. The Bertz CT molecular complexity index is 720. The van der Waals surface area contributed by atoms with Crippen LogP contribution in [0.5, 0.6) is 0 Å². The maximum absolute atomic E-state index is 5.73. The second-order valence-electron chi connectivity index (χ2n) is 4.88. The van der Waals surface area contributed by atoms with Gasteiger partial charge in [0.1, 0.15) is 0 Å².